The van der Waals surface area contributed by atoms with Gasteiger partial charge in [-0.3, -0.25) is 0 Å². The first-order valence-electron chi connectivity index (χ1n) is 6.46. The minimum atomic E-state index is 0.0133. The number of aryl methyl sites for hydroxylation is 1. The maximum atomic E-state index is 5.87. The molecular formula is C15H16BrNO2. The lowest BCUT2D eigenvalue weighted by Gasteiger charge is -2.24. The van der Waals surface area contributed by atoms with E-state index >= 15 is 0 Å². The van der Waals surface area contributed by atoms with E-state index in [-0.39, 0.29) is 6.04 Å². The van der Waals surface area contributed by atoms with Gasteiger partial charge in [0.2, 0.25) is 0 Å². The third-order valence-electron chi connectivity index (χ3n) is 3.44. The monoisotopic (exact) mass is 321 g/mol. The van der Waals surface area contributed by atoms with Crippen molar-refractivity contribution in [2.24, 2.45) is 0 Å². The molecule has 3 rings (SSSR count). The molecule has 19 heavy (non-hydrogen) atoms. The third-order valence-corrected chi connectivity index (χ3v) is 3.87. The van der Waals surface area contributed by atoms with Crippen molar-refractivity contribution in [2.45, 2.75) is 18.9 Å². The van der Waals surface area contributed by atoms with Crippen LogP contribution in [-0.2, 0) is 6.42 Å². The number of furan rings is 1. The van der Waals surface area contributed by atoms with E-state index in [1.807, 2.05) is 19.2 Å². The van der Waals surface area contributed by atoms with Gasteiger partial charge in [-0.2, -0.15) is 0 Å². The van der Waals surface area contributed by atoms with Gasteiger partial charge in [0, 0.05) is 5.56 Å². The molecule has 1 aromatic carbocycles. The Hall–Kier alpha value is -1.26. The summed E-state index contributed by atoms with van der Waals surface area (Å²) in [6.07, 6.45) is 2.18. The molecule has 1 aliphatic rings. The predicted octanol–water partition coefficient (Wildman–Crippen LogP) is 3.68. The highest BCUT2D eigenvalue weighted by Gasteiger charge is 2.23. The Bertz CT molecular complexity index is 579. The van der Waals surface area contributed by atoms with Crippen molar-refractivity contribution in [1.82, 2.24) is 5.32 Å². The molecule has 0 aliphatic carbocycles. The van der Waals surface area contributed by atoms with Gasteiger partial charge < -0.3 is 14.5 Å². The molecule has 2 heterocycles. The highest BCUT2D eigenvalue weighted by molar-refractivity contribution is 9.10. The van der Waals surface area contributed by atoms with Gasteiger partial charge in [0.25, 0.3) is 0 Å². The maximum Gasteiger partial charge on any atom is 0.169 e. The molecule has 0 fully saturated rings. The molecule has 0 radical (unpaired) electrons. The van der Waals surface area contributed by atoms with Gasteiger partial charge in [-0.25, -0.2) is 0 Å². The smallest absolute Gasteiger partial charge is 0.169 e. The Labute approximate surface area is 121 Å². The molecule has 1 aliphatic heterocycles. The van der Waals surface area contributed by atoms with Crippen LogP contribution in [0, 0.1) is 0 Å². The molecule has 0 saturated carbocycles. The molecule has 2 aromatic rings. The van der Waals surface area contributed by atoms with E-state index < -0.39 is 0 Å². The van der Waals surface area contributed by atoms with Crippen molar-refractivity contribution in [3.8, 4) is 5.75 Å². The zero-order valence-electron chi connectivity index (χ0n) is 10.8. The summed E-state index contributed by atoms with van der Waals surface area (Å²) in [5, 5.41) is 3.30. The first kappa shape index (κ1) is 12.8. The van der Waals surface area contributed by atoms with Gasteiger partial charge in [0.15, 0.2) is 4.67 Å². The SMILES string of the molecule is CNC(c1ccc(Br)o1)c1cccc2c1OCCC2. The average molecular weight is 322 g/mol. The minimum absolute atomic E-state index is 0.0133. The van der Waals surface area contributed by atoms with Crippen LogP contribution in [0.5, 0.6) is 5.75 Å². The highest BCUT2D eigenvalue weighted by Crippen LogP contribution is 2.36. The molecule has 1 aromatic heterocycles. The second kappa shape index (κ2) is 5.39. The summed E-state index contributed by atoms with van der Waals surface area (Å²) in [5.74, 6) is 1.90. The van der Waals surface area contributed by atoms with Gasteiger partial charge in [-0.05, 0) is 53.5 Å². The summed E-state index contributed by atoms with van der Waals surface area (Å²) in [7, 11) is 1.93. The van der Waals surface area contributed by atoms with Crippen LogP contribution >= 0.6 is 15.9 Å². The van der Waals surface area contributed by atoms with Crippen LogP contribution in [0.25, 0.3) is 0 Å². The fraction of sp³-hybridized carbons (Fsp3) is 0.333. The minimum Gasteiger partial charge on any atom is -0.493 e. The van der Waals surface area contributed by atoms with E-state index in [1.54, 1.807) is 0 Å². The van der Waals surface area contributed by atoms with Crippen molar-refractivity contribution in [2.75, 3.05) is 13.7 Å². The summed E-state index contributed by atoms with van der Waals surface area (Å²) in [6.45, 7) is 0.794. The van der Waals surface area contributed by atoms with Crippen LogP contribution in [0.3, 0.4) is 0 Å². The number of halogens is 1. The number of rotatable bonds is 3. The summed E-state index contributed by atoms with van der Waals surface area (Å²) >= 11 is 3.35. The van der Waals surface area contributed by atoms with Crippen LogP contribution in [-0.4, -0.2) is 13.7 Å². The van der Waals surface area contributed by atoms with Gasteiger partial charge in [0.05, 0.1) is 12.6 Å². The predicted molar refractivity (Wildman–Crippen MR) is 77.6 cm³/mol. The molecule has 0 bridgehead atoms. The first-order valence-corrected chi connectivity index (χ1v) is 7.26. The van der Waals surface area contributed by atoms with E-state index in [4.69, 9.17) is 9.15 Å². The van der Waals surface area contributed by atoms with E-state index in [9.17, 15) is 0 Å². The van der Waals surface area contributed by atoms with Gasteiger partial charge in [-0.1, -0.05) is 18.2 Å². The first-order chi connectivity index (χ1) is 9.29. The lowest BCUT2D eigenvalue weighted by molar-refractivity contribution is 0.282. The summed E-state index contributed by atoms with van der Waals surface area (Å²) in [4.78, 5) is 0. The van der Waals surface area contributed by atoms with Gasteiger partial charge in [0.1, 0.15) is 11.5 Å². The molecule has 100 valence electrons. The molecule has 0 spiro atoms. The van der Waals surface area contributed by atoms with Crippen LogP contribution in [0.2, 0.25) is 0 Å². The van der Waals surface area contributed by atoms with Gasteiger partial charge in [-0.15, -0.1) is 0 Å². The molecule has 1 atom stereocenters. The largest absolute Gasteiger partial charge is 0.493 e. The van der Waals surface area contributed by atoms with E-state index in [0.29, 0.717) is 0 Å². The molecular weight excluding hydrogens is 306 g/mol. The Morgan fingerprint density at radius 2 is 2.16 bits per heavy atom. The van der Waals surface area contributed by atoms with Crippen LogP contribution in [0.15, 0.2) is 39.4 Å². The lowest BCUT2D eigenvalue weighted by atomic mass is 9.97. The number of hydrogen-bond donors (Lipinski definition) is 1. The molecule has 1 unspecified atom stereocenters. The highest BCUT2D eigenvalue weighted by atomic mass is 79.9. The van der Waals surface area contributed by atoms with Crippen molar-refractivity contribution in [3.05, 3.63) is 51.9 Å². The number of benzene rings is 1. The topological polar surface area (TPSA) is 34.4 Å². The normalized spacial score (nSPS) is 15.7. The average Bonchev–Trinajstić information content (AvgIpc) is 2.86. The maximum absolute atomic E-state index is 5.87. The summed E-state index contributed by atoms with van der Waals surface area (Å²) in [5.41, 5.74) is 2.43. The fourth-order valence-corrected chi connectivity index (χ4v) is 2.90. The van der Waals surface area contributed by atoms with Crippen molar-refractivity contribution in [3.63, 3.8) is 0 Å². The molecule has 3 nitrogen and oxygen atoms in total. The summed E-state index contributed by atoms with van der Waals surface area (Å²) in [6, 6.07) is 10.2. The Morgan fingerprint density at radius 3 is 2.89 bits per heavy atom. The van der Waals surface area contributed by atoms with Crippen molar-refractivity contribution >= 4 is 15.9 Å². The van der Waals surface area contributed by atoms with E-state index in [2.05, 4.69) is 39.4 Å². The van der Waals surface area contributed by atoms with E-state index in [1.165, 1.54) is 5.56 Å². The number of para-hydroxylation sites is 1. The van der Waals surface area contributed by atoms with Crippen LogP contribution in [0.4, 0.5) is 0 Å². The zero-order chi connectivity index (χ0) is 13.2. The molecule has 1 N–H and O–H groups in total. The number of hydrogen-bond acceptors (Lipinski definition) is 3. The quantitative estimate of drug-likeness (QED) is 0.936. The summed E-state index contributed by atoms with van der Waals surface area (Å²) < 4.78 is 12.3. The van der Waals surface area contributed by atoms with Crippen molar-refractivity contribution in [1.29, 1.82) is 0 Å². The number of fused-ring (bicyclic) bond motifs is 1. The molecule has 0 saturated heterocycles. The number of nitrogens with one attached hydrogen (secondary N) is 1. The van der Waals surface area contributed by atoms with E-state index in [0.717, 1.165) is 41.2 Å². The van der Waals surface area contributed by atoms with Gasteiger partial charge >= 0.3 is 0 Å². The van der Waals surface area contributed by atoms with Crippen LogP contribution < -0.4 is 10.1 Å². The Morgan fingerprint density at radius 1 is 1.26 bits per heavy atom. The lowest BCUT2D eigenvalue weighted by Crippen LogP contribution is -2.20. The number of ether oxygens (including phenoxy) is 1. The molecule has 4 heteroatoms. The third kappa shape index (κ3) is 2.42. The standard InChI is InChI=1S/C15H16BrNO2/c1-17-14(12-7-8-13(16)19-12)11-6-2-4-10-5-3-9-18-15(10)11/h2,4,6-8,14,17H,3,5,9H2,1H3. The Balaban J connectivity index is 2.04. The Kier molecular flexibility index (Phi) is 3.62. The zero-order valence-corrected chi connectivity index (χ0v) is 12.4. The molecule has 0 amide bonds. The fourth-order valence-electron chi connectivity index (χ4n) is 2.58. The van der Waals surface area contributed by atoms with Crippen LogP contribution in [0.1, 0.15) is 29.3 Å². The van der Waals surface area contributed by atoms with Crippen molar-refractivity contribution < 1.29 is 9.15 Å². The second-order valence-electron chi connectivity index (χ2n) is 4.65. The second-order valence-corrected chi connectivity index (χ2v) is 5.43.